The molecular formula is C19H25F2N5O. The van der Waals surface area contributed by atoms with Gasteiger partial charge in [0.15, 0.2) is 0 Å². The third kappa shape index (κ3) is 5.03. The van der Waals surface area contributed by atoms with Crippen LogP contribution in [0.3, 0.4) is 0 Å². The molecule has 2 aromatic rings. The van der Waals surface area contributed by atoms with E-state index in [2.05, 4.69) is 24.9 Å². The molecule has 3 rings (SSSR count). The summed E-state index contributed by atoms with van der Waals surface area (Å²) in [6.45, 7) is 1.28. The van der Waals surface area contributed by atoms with Crippen molar-refractivity contribution < 1.29 is 13.5 Å². The first-order valence-corrected chi connectivity index (χ1v) is 8.96. The van der Waals surface area contributed by atoms with Gasteiger partial charge in [-0.25, -0.2) is 9.97 Å². The monoisotopic (exact) mass is 377 g/mol. The molecule has 1 aliphatic heterocycles. The van der Waals surface area contributed by atoms with Crippen LogP contribution in [0.15, 0.2) is 30.3 Å². The van der Waals surface area contributed by atoms with Crippen molar-refractivity contribution in [3.8, 4) is 5.75 Å². The molecule has 2 heterocycles. The van der Waals surface area contributed by atoms with Crippen LogP contribution < -0.4 is 19.9 Å². The fraction of sp³-hybridized carbons (Fsp3) is 0.474. The first-order chi connectivity index (χ1) is 12.9. The van der Waals surface area contributed by atoms with E-state index in [0.29, 0.717) is 18.2 Å². The smallest absolute Gasteiger partial charge is 0.387 e. The third-order valence-electron chi connectivity index (χ3n) is 4.48. The topological polar surface area (TPSA) is 53.5 Å². The predicted octanol–water partition coefficient (Wildman–Crippen LogP) is 2.82. The SMILES string of the molecule is Cc1cc(CN[C@H]2CCN(c3ccccc3OC(F)F)C2)nc(N(C)C)n1. The van der Waals surface area contributed by atoms with Crippen molar-refractivity contribution in [2.45, 2.75) is 32.5 Å². The van der Waals surface area contributed by atoms with E-state index in [1.165, 1.54) is 0 Å². The summed E-state index contributed by atoms with van der Waals surface area (Å²) in [5.41, 5.74) is 2.57. The quantitative estimate of drug-likeness (QED) is 0.801. The summed E-state index contributed by atoms with van der Waals surface area (Å²) in [7, 11) is 3.83. The van der Waals surface area contributed by atoms with E-state index in [9.17, 15) is 8.78 Å². The summed E-state index contributed by atoms with van der Waals surface area (Å²) < 4.78 is 29.9. The number of ether oxygens (including phenoxy) is 1. The summed E-state index contributed by atoms with van der Waals surface area (Å²) in [6, 6.07) is 9.15. The number of rotatable bonds is 7. The van der Waals surface area contributed by atoms with Gasteiger partial charge in [-0.05, 0) is 31.5 Å². The Hall–Kier alpha value is -2.48. The van der Waals surface area contributed by atoms with E-state index in [-0.39, 0.29) is 11.8 Å². The maximum atomic E-state index is 12.6. The number of aromatic nitrogens is 2. The number of halogens is 2. The second-order valence-electron chi connectivity index (χ2n) is 6.85. The summed E-state index contributed by atoms with van der Waals surface area (Å²) in [4.78, 5) is 12.9. The van der Waals surface area contributed by atoms with Gasteiger partial charge in [-0.3, -0.25) is 0 Å². The Labute approximate surface area is 158 Å². The first kappa shape index (κ1) is 19.3. The van der Waals surface area contributed by atoms with Gasteiger partial charge in [-0.2, -0.15) is 8.78 Å². The number of nitrogens with one attached hydrogen (secondary N) is 1. The lowest BCUT2D eigenvalue weighted by Crippen LogP contribution is -2.32. The fourth-order valence-electron chi connectivity index (χ4n) is 3.22. The van der Waals surface area contributed by atoms with Crippen molar-refractivity contribution in [3.63, 3.8) is 0 Å². The molecule has 1 aliphatic rings. The van der Waals surface area contributed by atoms with E-state index >= 15 is 0 Å². The highest BCUT2D eigenvalue weighted by Gasteiger charge is 2.25. The normalized spacial score (nSPS) is 16.8. The molecule has 0 unspecified atom stereocenters. The highest BCUT2D eigenvalue weighted by Crippen LogP contribution is 2.31. The van der Waals surface area contributed by atoms with Crippen LogP contribution in [0.5, 0.6) is 5.75 Å². The lowest BCUT2D eigenvalue weighted by molar-refractivity contribution is -0.0495. The summed E-state index contributed by atoms with van der Waals surface area (Å²) in [5.74, 6) is 0.910. The lowest BCUT2D eigenvalue weighted by Gasteiger charge is -2.22. The largest absolute Gasteiger partial charge is 0.433 e. The molecule has 146 valence electrons. The van der Waals surface area contributed by atoms with Gasteiger partial charge < -0.3 is 19.9 Å². The zero-order valence-corrected chi connectivity index (χ0v) is 15.8. The van der Waals surface area contributed by atoms with Gasteiger partial charge in [0.2, 0.25) is 5.95 Å². The molecule has 1 aromatic carbocycles. The molecular weight excluding hydrogens is 352 g/mol. The van der Waals surface area contributed by atoms with Gasteiger partial charge in [-0.15, -0.1) is 0 Å². The van der Waals surface area contributed by atoms with Crippen LogP contribution in [0.25, 0.3) is 0 Å². The zero-order valence-electron chi connectivity index (χ0n) is 15.8. The standard InChI is InChI=1S/C19H25F2N5O/c1-13-10-15(24-19(23-13)25(2)3)11-22-14-8-9-26(12-14)16-6-4-5-7-17(16)27-18(20)21/h4-7,10,14,18,22H,8-9,11-12H2,1-3H3/t14-/m0/s1. The van der Waals surface area contributed by atoms with E-state index in [1.807, 2.05) is 44.1 Å². The Morgan fingerprint density at radius 3 is 2.81 bits per heavy atom. The molecule has 6 nitrogen and oxygen atoms in total. The average molecular weight is 377 g/mol. The summed E-state index contributed by atoms with van der Waals surface area (Å²) in [6.07, 6.45) is 0.924. The number of hydrogen-bond acceptors (Lipinski definition) is 6. The maximum absolute atomic E-state index is 12.6. The Morgan fingerprint density at radius 2 is 2.07 bits per heavy atom. The van der Waals surface area contributed by atoms with Gasteiger partial charge in [0.25, 0.3) is 0 Å². The van der Waals surface area contributed by atoms with Crippen molar-refractivity contribution in [3.05, 3.63) is 41.7 Å². The second-order valence-corrected chi connectivity index (χ2v) is 6.85. The van der Waals surface area contributed by atoms with Crippen molar-refractivity contribution in [1.82, 2.24) is 15.3 Å². The number of alkyl halides is 2. The highest BCUT2D eigenvalue weighted by atomic mass is 19.3. The molecule has 0 amide bonds. The second kappa shape index (κ2) is 8.47. The lowest BCUT2D eigenvalue weighted by atomic mass is 10.2. The van der Waals surface area contributed by atoms with E-state index in [4.69, 9.17) is 0 Å². The number of aryl methyl sites for hydroxylation is 1. The molecule has 1 fully saturated rings. The molecule has 1 N–H and O–H groups in total. The third-order valence-corrected chi connectivity index (χ3v) is 4.48. The van der Waals surface area contributed by atoms with E-state index in [0.717, 1.165) is 30.9 Å². The van der Waals surface area contributed by atoms with Crippen molar-refractivity contribution in [2.75, 3.05) is 37.0 Å². The summed E-state index contributed by atoms with van der Waals surface area (Å²) in [5, 5.41) is 3.51. The molecule has 0 spiro atoms. The molecule has 0 aliphatic carbocycles. The van der Waals surface area contributed by atoms with Crippen LogP contribution in [0.1, 0.15) is 17.8 Å². The average Bonchev–Trinajstić information content (AvgIpc) is 3.08. The Bertz CT molecular complexity index is 772. The molecule has 0 radical (unpaired) electrons. The van der Waals surface area contributed by atoms with E-state index < -0.39 is 6.61 Å². The van der Waals surface area contributed by atoms with Crippen molar-refractivity contribution in [2.24, 2.45) is 0 Å². The van der Waals surface area contributed by atoms with Gasteiger partial charge in [-0.1, -0.05) is 12.1 Å². The number of anilines is 2. The molecule has 1 saturated heterocycles. The number of para-hydroxylation sites is 2. The maximum Gasteiger partial charge on any atom is 0.387 e. The number of hydrogen-bond donors (Lipinski definition) is 1. The Kier molecular flexibility index (Phi) is 6.05. The first-order valence-electron chi connectivity index (χ1n) is 8.96. The molecule has 1 aromatic heterocycles. The zero-order chi connectivity index (χ0) is 19.4. The Balaban J connectivity index is 1.61. The molecule has 0 saturated carbocycles. The number of nitrogens with zero attached hydrogens (tertiary/aromatic N) is 4. The molecule has 0 bridgehead atoms. The molecule has 8 heteroatoms. The number of benzene rings is 1. The molecule has 27 heavy (non-hydrogen) atoms. The minimum absolute atomic E-state index is 0.218. The van der Waals surface area contributed by atoms with Gasteiger partial charge in [0.05, 0.1) is 11.4 Å². The van der Waals surface area contributed by atoms with Crippen molar-refractivity contribution in [1.29, 1.82) is 0 Å². The Morgan fingerprint density at radius 1 is 1.30 bits per heavy atom. The van der Waals surface area contributed by atoms with E-state index in [1.54, 1.807) is 12.1 Å². The van der Waals surface area contributed by atoms with Crippen LogP contribution in [-0.4, -0.2) is 49.8 Å². The van der Waals surface area contributed by atoms with Crippen LogP contribution in [-0.2, 0) is 6.54 Å². The minimum atomic E-state index is -2.82. The molecule has 1 atom stereocenters. The highest BCUT2D eigenvalue weighted by molar-refractivity contribution is 5.59. The van der Waals surface area contributed by atoms with Crippen LogP contribution in [0.4, 0.5) is 20.4 Å². The van der Waals surface area contributed by atoms with Crippen LogP contribution >= 0.6 is 0 Å². The van der Waals surface area contributed by atoms with Crippen LogP contribution in [0.2, 0.25) is 0 Å². The predicted molar refractivity (Wildman–Crippen MR) is 102 cm³/mol. The van der Waals surface area contributed by atoms with Crippen molar-refractivity contribution >= 4 is 11.6 Å². The van der Waals surface area contributed by atoms with Gasteiger partial charge >= 0.3 is 6.61 Å². The van der Waals surface area contributed by atoms with Crippen LogP contribution in [0, 0.1) is 6.92 Å². The summed E-state index contributed by atoms with van der Waals surface area (Å²) >= 11 is 0. The van der Waals surface area contributed by atoms with Gasteiger partial charge in [0, 0.05) is 45.5 Å². The fourth-order valence-corrected chi connectivity index (χ4v) is 3.22. The van der Waals surface area contributed by atoms with Gasteiger partial charge in [0.1, 0.15) is 5.75 Å². The minimum Gasteiger partial charge on any atom is -0.433 e.